The minimum atomic E-state index is -0.711. The zero-order chi connectivity index (χ0) is 4.99. The molecule has 0 bridgehead atoms. The van der Waals surface area contributed by atoms with Crippen LogP contribution in [-0.4, -0.2) is 11.1 Å². The van der Waals surface area contributed by atoms with Crippen molar-refractivity contribution in [3.63, 3.8) is 0 Å². The molecule has 0 aromatic carbocycles. The molecule has 0 radical (unpaired) electrons. The third-order valence-electron chi connectivity index (χ3n) is 0.464. The highest BCUT2D eigenvalue weighted by Gasteiger charge is 1.87. The van der Waals surface area contributed by atoms with Crippen LogP contribution in [-0.2, 0) is 4.79 Å². The number of halogens is 1. The number of rotatable bonds is 2. The van der Waals surface area contributed by atoms with Gasteiger partial charge in [0.15, 0.2) is 0 Å². The zero-order valence-electron chi connectivity index (χ0n) is 5.15. The maximum atomic E-state index is 9.60. The van der Waals surface area contributed by atoms with Crippen molar-refractivity contribution < 1.29 is 23.7 Å². The number of hydrogen-bond acceptors (Lipinski definition) is 1. The molecule has 0 unspecified atom stereocenters. The summed E-state index contributed by atoms with van der Waals surface area (Å²) in [5, 5.41) is 7.91. The van der Waals surface area contributed by atoms with Gasteiger partial charge in [0.25, 0.3) is 0 Å². The van der Waals surface area contributed by atoms with Gasteiger partial charge in [0.2, 0.25) is 0 Å². The Kier molecular flexibility index (Phi) is 8.15. The van der Waals surface area contributed by atoms with Crippen LogP contribution < -0.4 is 12.4 Å². The molecular weight excluding hydrogens is 115 g/mol. The van der Waals surface area contributed by atoms with E-state index in [1.807, 2.05) is 6.92 Å². The molecule has 0 aromatic heterocycles. The van der Waals surface area contributed by atoms with Crippen LogP contribution in [0.25, 0.3) is 0 Å². The van der Waals surface area contributed by atoms with Crippen molar-refractivity contribution in [3.05, 3.63) is 0 Å². The maximum Gasteiger partial charge on any atom is 1.00 e. The summed E-state index contributed by atoms with van der Waals surface area (Å²) in [6, 6.07) is 0. The van der Waals surface area contributed by atoms with Crippen LogP contribution in [0.4, 0.5) is 0 Å². The summed E-state index contributed by atoms with van der Waals surface area (Å²) >= 11 is 0. The first-order valence-electron chi connectivity index (χ1n) is 1.99. The molecule has 0 heterocycles. The summed E-state index contributed by atoms with van der Waals surface area (Å²) < 4.78 is 0. The van der Waals surface area contributed by atoms with Gasteiger partial charge in [-0.2, -0.15) is 0 Å². The molecule has 0 atom stereocenters. The number of carboxylic acids is 1. The van der Waals surface area contributed by atoms with E-state index in [4.69, 9.17) is 5.11 Å². The minimum absolute atomic E-state index is 0. The quantitative estimate of drug-likeness (QED) is 0.462. The molecule has 0 fully saturated rings. The van der Waals surface area contributed by atoms with Gasteiger partial charge in [-0.1, -0.05) is 6.92 Å². The minimum Gasteiger partial charge on any atom is -1.00 e. The van der Waals surface area contributed by atoms with Crippen molar-refractivity contribution in [2.45, 2.75) is 19.8 Å². The third-order valence-corrected chi connectivity index (χ3v) is 0.464. The number of carboxylic acid groups (broad SMARTS) is 1. The van der Waals surface area contributed by atoms with E-state index in [-0.39, 0.29) is 13.8 Å². The smallest absolute Gasteiger partial charge is 1.00 e. The van der Waals surface area contributed by atoms with Crippen molar-refractivity contribution in [1.82, 2.24) is 0 Å². The van der Waals surface area contributed by atoms with Gasteiger partial charge in [-0.05, 0) is 6.42 Å². The lowest BCUT2D eigenvalue weighted by Gasteiger charge is -1.79. The Morgan fingerprint density at radius 1 is 1.86 bits per heavy atom. The maximum absolute atomic E-state index is 9.60. The Morgan fingerprint density at radius 3 is 2.29 bits per heavy atom. The Balaban J connectivity index is -0.000000125. The Bertz CT molecular complexity index is 58.0. The van der Waals surface area contributed by atoms with E-state index >= 15 is 0 Å². The summed E-state index contributed by atoms with van der Waals surface area (Å²) in [7, 11) is 0. The fraction of sp³-hybridized carbons (Fsp3) is 0.750. The molecule has 0 rings (SSSR count). The molecule has 44 valence electrons. The van der Waals surface area contributed by atoms with Crippen LogP contribution in [0.5, 0.6) is 0 Å². The first kappa shape index (κ1) is 9.90. The fourth-order valence-corrected chi connectivity index (χ4v) is 0.214. The van der Waals surface area contributed by atoms with Crippen molar-refractivity contribution >= 4 is 5.97 Å². The highest BCUT2D eigenvalue weighted by atomic mass is 35.5. The van der Waals surface area contributed by atoms with Crippen LogP contribution in [0.3, 0.4) is 0 Å². The topological polar surface area (TPSA) is 37.3 Å². The van der Waals surface area contributed by atoms with Gasteiger partial charge in [0.05, 0.1) is 0 Å². The van der Waals surface area contributed by atoms with Gasteiger partial charge in [-0.3, -0.25) is 4.79 Å². The van der Waals surface area contributed by atoms with Crippen molar-refractivity contribution in [1.29, 1.82) is 0 Å². The summed E-state index contributed by atoms with van der Waals surface area (Å²) in [5.74, 6) is -0.711. The normalized spacial score (nSPS) is 7.00. The highest BCUT2D eigenvalue weighted by Crippen LogP contribution is 1.82. The Hall–Kier alpha value is -0.240. The first-order chi connectivity index (χ1) is 2.77. The van der Waals surface area contributed by atoms with E-state index in [2.05, 4.69) is 0 Å². The largest absolute Gasteiger partial charge is 1.00 e. The van der Waals surface area contributed by atoms with Crippen LogP contribution in [0.1, 0.15) is 21.2 Å². The molecule has 0 aromatic rings. The van der Waals surface area contributed by atoms with E-state index in [9.17, 15) is 4.79 Å². The average Bonchev–Trinajstić information content (AvgIpc) is 1.35. The van der Waals surface area contributed by atoms with Gasteiger partial charge in [0, 0.05) is 6.42 Å². The van der Waals surface area contributed by atoms with Crippen LogP contribution >= 0.6 is 0 Å². The van der Waals surface area contributed by atoms with Crippen molar-refractivity contribution in [2.24, 2.45) is 0 Å². The average molecular weight is 125 g/mol. The lowest BCUT2D eigenvalue weighted by molar-refractivity contribution is -0.137. The molecule has 0 spiro atoms. The molecule has 2 nitrogen and oxygen atoms in total. The number of carbonyl (C=O) groups is 1. The lowest BCUT2D eigenvalue weighted by Crippen LogP contribution is -3.00. The van der Waals surface area contributed by atoms with Gasteiger partial charge >= 0.3 is 7.40 Å². The molecule has 0 aliphatic rings. The molecular formula is C4H9ClO2. The standard InChI is InChI=1S/C4H8O2.ClH/c1-2-3-4(5)6;/h2-3H2,1H3,(H,5,6);1H. The number of aliphatic carboxylic acids is 1. The zero-order valence-corrected chi connectivity index (χ0v) is 4.90. The highest BCUT2D eigenvalue weighted by molar-refractivity contribution is 5.66. The summed E-state index contributed by atoms with van der Waals surface area (Å²) in [6.45, 7) is 1.84. The molecule has 0 saturated carbocycles. The molecule has 1 N–H and O–H groups in total. The van der Waals surface area contributed by atoms with E-state index in [0.29, 0.717) is 6.42 Å². The molecule has 0 saturated heterocycles. The molecule has 0 aliphatic carbocycles. The van der Waals surface area contributed by atoms with Crippen LogP contribution in [0.15, 0.2) is 0 Å². The monoisotopic (exact) mass is 124 g/mol. The molecule has 0 amide bonds. The second-order valence-corrected chi connectivity index (χ2v) is 1.14. The predicted molar refractivity (Wildman–Crippen MR) is 23.7 cm³/mol. The Morgan fingerprint density at radius 2 is 2.29 bits per heavy atom. The SMILES string of the molecule is CCCC(=O)O.[Cl-].[H+]. The lowest BCUT2D eigenvalue weighted by atomic mass is 10.4. The molecule has 7 heavy (non-hydrogen) atoms. The van der Waals surface area contributed by atoms with Gasteiger partial charge in [-0.15, -0.1) is 0 Å². The first-order valence-corrected chi connectivity index (χ1v) is 1.99. The van der Waals surface area contributed by atoms with Crippen LogP contribution in [0.2, 0.25) is 0 Å². The summed E-state index contributed by atoms with van der Waals surface area (Å²) in [6.07, 6.45) is 1.02. The van der Waals surface area contributed by atoms with E-state index in [1.165, 1.54) is 0 Å². The van der Waals surface area contributed by atoms with E-state index < -0.39 is 5.97 Å². The van der Waals surface area contributed by atoms with Crippen molar-refractivity contribution in [3.8, 4) is 0 Å². The summed E-state index contributed by atoms with van der Waals surface area (Å²) in [4.78, 5) is 9.60. The molecule has 3 heteroatoms. The van der Waals surface area contributed by atoms with E-state index in [1.54, 1.807) is 0 Å². The fourth-order valence-electron chi connectivity index (χ4n) is 0.214. The van der Waals surface area contributed by atoms with Gasteiger partial charge in [0.1, 0.15) is 0 Å². The molecule has 0 aliphatic heterocycles. The van der Waals surface area contributed by atoms with Crippen molar-refractivity contribution in [2.75, 3.05) is 0 Å². The third kappa shape index (κ3) is 10.7. The van der Waals surface area contributed by atoms with Gasteiger partial charge < -0.3 is 17.5 Å². The van der Waals surface area contributed by atoms with Crippen LogP contribution in [0, 0.1) is 0 Å². The second-order valence-electron chi connectivity index (χ2n) is 1.14. The predicted octanol–water partition coefficient (Wildman–Crippen LogP) is -2.01. The summed E-state index contributed by atoms with van der Waals surface area (Å²) in [5.41, 5.74) is 0. The van der Waals surface area contributed by atoms with Gasteiger partial charge in [-0.25, -0.2) is 0 Å². The Labute approximate surface area is 50.4 Å². The second kappa shape index (κ2) is 5.76. The van der Waals surface area contributed by atoms with E-state index in [0.717, 1.165) is 6.42 Å². The number of hydrogen-bond donors (Lipinski definition) is 1.